The van der Waals surface area contributed by atoms with Gasteiger partial charge in [-0.25, -0.2) is 0 Å². The van der Waals surface area contributed by atoms with Gasteiger partial charge in [0.15, 0.2) is 12.2 Å². The molecule has 3 amide bonds. The molecule has 9 nitrogen and oxygen atoms in total. The largest absolute Gasteiger partial charge is 0.361 e. The molecule has 0 saturated carbocycles. The van der Waals surface area contributed by atoms with Crippen LogP contribution in [-0.4, -0.2) is 54.3 Å². The number of hydrogen-bond donors (Lipinski definition) is 4. The molecule has 9 heteroatoms. The third-order valence-electron chi connectivity index (χ3n) is 2.99. The first-order valence-corrected chi connectivity index (χ1v) is 7.95. The SMILES string of the molecule is C=[NH+]CCNC(=O)[C@H](CC(=O)NC(C)(C)C)NC(=O)c1cc(C)on1. The molecule has 0 radical (unpaired) electrons. The summed E-state index contributed by atoms with van der Waals surface area (Å²) in [5.74, 6) is -0.929. The van der Waals surface area contributed by atoms with Gasteiger partial charge in [0, 0.05) is 11.6 Å². The third kappa shape index (κ3) is 7.60. The highest BCUT2D eigenvalue weighted by atomic mass is 16.5. The summed E-state index contributed by atoms with van der Waals surface area (Å²) in [7, 11) is 0. The van der Waals surface area contributed by atoms with Gasteiger partial charge < -0.3 is 20.5 Å². The first kappa shape index (κ1) is 20.3. The fraction of sp³-hybridized carbons (Fsp3) is 0.562. The van der Waals surface area contributed by atoms with Crippen molar-refractivity contribution < 1.29 is 23.9 Å². The van der Waals surface area contributed by atoms with Gasteiger partial charge in [0.2, 0.25) is 11.8 Å². The van der Waals surface area contributed by atoms with Crippen molar-refractivity contribution in [3.05, 3.63) is 17.5 Å². The van der Waals surface area contributed by atoms with E-state index in [9.17, 15) is 14.4 Å². The van der Waals surface area contributed by atoms with E-state index in [1.165, 1.54) is 6.07 Å². The number of amides is 3. The average Bonchev–Trinajstić information content (AvgIpc) is 2.91. The van der Waals surface area contributed by atoms with Crippen LogP contribution in [0.3, 0.4) is 0 Å². The van der Waals surface area contributed by atoms with Crippen LogP contribution in [0.5, 0.6) is 0 Å². The molecule has 0 aliphatic heterocycles. The minimum absolute atomic E-state index is 0.0472. The van der Waals surface area contributed by atoms with E-state index in [4.69, 9.17) is 4.52 Å². The van der Waals surface area contributed by atoms with E-state index < -0.39 is 23.4 Å². The van der Waals surface area contributed by atoms with Crippen LogP contribution in [-0.2, 0) is 9.59 Å². The Hall–Kier alpha value is -2.71. The molecule has 0 aromatic carbocycles. The molecule has 1 atom stereocenters. The van der Waals surface area contributed by atoms with E-state index >= 15 is 0 Å². The Labute approximate surface area is 146 Å². The van der Waals surface area contributed by atoms with Crippen molar-refractivity contribution >= 4 is 24.4 Å². The van der Waals surface area contributed by atoms with Crippen LogP contribution < -0.4 is 20.9 Å². The Kier molecular flexibility index (Phi) is 7.28. The maximum Gasteiger partial charge on any atom is 0.274 e. The van der Waals surface area contributed by atoms with Crippen LogP contribution >= 0.6 is 0 Å². The lowest BCUT2D eigenvalue weighted by Crippen LogP contribution is -2.68. The van der Waals surface area contributed by atoms with Crippen molar-refractivity contribution in [3.63, 3.8) is 0 Å². The van der Waals surface area contributed by atoms with Crippen LogP contribution in [0.25, 0.3) is 0 Å². The zero-order chi connectivity index (χ0) is 19.0. The van der Waals surface area contributed by atoms with Gasteiger partial charge in [0.05, 0.1) is 13.0 Å². The summed E-state index contributed by atoms with van der Waals surface area (Å²) >= 11 is 0. The predicted octanol–water partition coefficient (Wildman–Crippen LogP) is -1.72. The normalized spacial score (nSPS) is 12.2. The molecule has 1 aromatic rings. The van der Waals surface area contributed by atoms with Gasteiger partial charge in [-0.3, -0.25) is 19.4 Å². The molecule has 0 spiro atoms. The number of carbonyl (C=O) groups excluding carboxylic acids is 3. The van der Waals surface area contributed by atoms with E-state index in [-0.39, 0.29) is 18.0 Å². The van der Waals surface area contributed by atoms with Gasteiger partial charge in [0.25, 0.3) is 5.91 Å². The molecule has 138 valence electrons. The Morgan fingerprint density at radius 3 is 2.56 bits per heavy atom. The quantitative estimate of drug-likeness (QED) is 0.327. The standard InChI is InChI=1S/C16H25N5O4/c1-10-8-12(21-25-10)15(24)19-11(14(23)18-7-6-17-5)9-13(22)20-16(2,3)4/h8,11H,5-7,9H2,1-4H3,(H,18,23)(H,19,24)(H,20,22)/p+1/t11-/m0/s1. The summed E-state index contributed by atoms with van der Waals surface area (Å²) < 4.78 is 4.85. The lowest BCUT2D eigenvalue weighted by molar-refractivity contribution is -0.444. The Morgan fingerprint density at radius 2 is 2.04 bits per heavy atom. The molecule has 0 fully saturated rings. The monoisotopic (exact) mass is 352 g/mol. The molecule has 1 aromatic heterocycles. The molecule has 1 rings (SSSR count). The zero-order valence-corrected chi connectivity index (χ0v) is 15.1. The fourth-order valence-electron chi connectivity index (χ4n) is 1.97. The lowest BCUT2D eigenvalue weighted by atomic mass is 10.1. The summed E-state index contributed by atoms with van der Waals surface area (Å²) in [6.07, 6.45) is -0.191. The second kappa shape index (κ2) is 8.95. The molecule has 0 aliphatic rings. The highest BCUT2D eigenvalue weighted by Crippen LogP contribution is 2.05. The van der Waals surface area contributed by atoms with E-state index in [2.05, 4.69) is 32.8 Å². The highest BCUT2D eigenvalue weighted by molar-refractivity contribution is 5.97. The molecule has 0 bridgehead atoms. The van der Waals surface area contributed by atoms with E-state index in [0.717, 1.165) is 0 Å². The second-order valence-electron chi connectivity index (χ2n) is 6.64. The van der Waals surface area contributed by atoms with Crippen molar-refractivity contribution in [1.82, 2.24) is 21.1 Å². The van der Waals surface area contributed by atoms with E-state index in [0.29, 0.717) is 18.8 Å². The zero-order valence-electron chi connectivity index (χ0n) is 15.1. The van der Waals surface area contributed by atoms with Gasteiger partial charge in [-0.05, 0) is 27.7 Å². The van der Waals surface area contributed by atoms with Crippen LogP contribution in [0.15, 0.2) is 10.6 Å². The first-order valence-electron chi connectivity index (χ1n) is 7.95. The number of hydrogen-bond acceptors (Lipinski definition) is 5. The summed E-state index contributed by atoms with van der Waals surface area (Å²) in [6, 6.07) is 0.420. The fourth-order valence-corrected chi connectivity index (χ4v) is 1.97. The van der Waals surface area contributed by atoms with Crippen LogP contribution in [0.2, 0.25) is 0 Å². The number of nitrogens with one attached hydrogen (secondary N) is 4. The number of rotatable bonds is 8. The smallest absolute Gasteiger partial charge is 0.274 e. The summed E-state index contributed by atoms with van der Waals surface area (Å²) in [5.41, 5.74) is -0.394. The molecule has 0 saturated heterocycles. The van der Waals surface area contributed by atoms with Gasteiger partial charge in [-0.2, -0.15) is 0 Å². The van der Waals surface area contributed by atoms with Crippen molar-refractivity contribution in [1.29, 1.82) is 0 Å². The van der Waals surface area contributed by atoms with E-state index in [1.54, 1.807) is 6.92 Å². The molecule has 1 heterocycles. The molecular formula is C16H26N5O4+. The topological polar surface area (TPSA) is 127 Å². The second-order valence-corrected chi connectivity index (χ2v) is 6.64. The Morgan fingerprint density at radius 1 is 1.36 bits per heavy atom. The lowest BCUT2D eigenvalue weighted by Gasteiger charge is -2.23. The number of nitrogens with zero attached hydrogens (tertiary/aromatic N) is 1. The third-order valence-corrected chi connectivity index (χ3v) is 2.99. The number of aryl methyl sites for hydroxylation is 1. The predicted molar refractivity (Wildman–Crippen MR) is 91.0 cm³/mol. The Balaban J connectivity index is 2.79. The van der Waals surface area contributed by atoms with Crippen molar-refractivity contribution in [2.75, 3.05) is 13.1 Å². The Bertz CT molecular complexity index is 633. The van der Waals surface area contributed by atoms with Crippen LogP contribution in [0.4, 0.5) is 0 Å². The number of carbonyl (C=O) groups is 3. The summed E-state index contributed by atoms with van der Waals surface area (Å²) in [5, 5.41) is 11.5. The van der Waals surface area contributed by atoms with E-state index in [1.807, 2.05) is 20.8 Å². The first-order chi connectivity index (χ1) is 11.6. The van der Waals surface area contributed by atoms with Gasteiger partial charge in [-0.15, -0.1) is 0 Å². The summed E-state index contributed by atoms with van der Waals surface area (Å²) in [4.78, 5) is 39.3. The molecule has 0 aliphatic carbocycles. The highest BCUT2D eigenvalue weighted by Gasteiger charge is 2.27. The van der Waals surface area contributed by atoms with Crippen molar-refractivity contribution in [3.8, 4) is 0 Å². The van der Waals surface area contributed by atoms with Crippen molar-refractivity contribution in [2.45, 2.75) is 45.7 Å². The maximum absolute atomic E-state index is 12.3. The van der Waals surface area contributed by atoms with Gasteiger partial charge in [-0.1, -0.05) is 5.16 Å². The van der Waals surface area contributed by atoms with Crippen LogP contribution in [0, 0.1) is 6.92 Å². The summed E-state index contributed by atoms with van der Waals surface area (Å²) in [6.45, 7) is 11.4. The number of aromatic nitrogens is 1. The molecule has 0 unspecified atom stereocenters. The minimum atomic E-state index is -1.03. The van der Waals surface area contributed by atoms with Gasteiger partial charge >= 0.3 is 0 Å². The molecule has 25 heavy (non-hydrogen) atoms. The van der Waals surface area contributed by atoms with Gasteiger partial charge in [0.1, 0.15) is 18.5 Å². The average molecular weight is 352 g/mol. The van der Waals surface area contributed by atoms with Crippen LogP contribution in [0.1, 0.15) is 43.4 Å². The minimum Gasteiger partial charge on any atom is -0.361 e. The van der Waals surface area contributed by atoms with Crippen molar-refractivity contribution in [2.24, 2.45) is 0 Å². The maximum atomic E-state index is 12.3. The molecule has 4 N–H and O–H groups in total. The molecular weight excluding hydrogens is 326 g/mol.